The van der Waals surface area contributed by atoms with E-state index in [4.69, 9.17) is 20.4 Å². The van der Waals surface area contributed by atoms with Crippen LogP contribution >= 0.6 is 0 Å². The van der Waals surface area contributed by atoms with E-state index in [0.29, 0.717) is 0 Å². The van der Waals surface area contributed by atoms with Gasteiger partial charge in [-0.15, -0.1) is 0 Å². The van der Waals surface area contributed by atoms with Crippen LogP contribution in [0.25, 0.3) is 0 Å². The van der Waals surface area contributed by atoms with Gasteiger partial charge in [0.25, 0.3) is 0 Å². The molecule has 0 radical (unpaired) electrons. The van der Waals surface area contributed by atoms with Crippen molar-refractivity contribution < 1.29 is 39.6 Å². The summed E-state index contributed by atoms with van der Waals surface area (Å²) in [7, 11) is 2.27. The predicted molar refractivity (Wildman–Crippen MR) is 63.4 cm³/mol. The molecule has 1 unspecified atom stereocenters. The minimum Gasteiger partial charge on any atom is -0.480 e. The minimum atomic E-state index is -1.70. The molecular formula is C10H16N2O8. The molecule has 20 heavy (non-hydrogen) atoms. The topological polar surface area (TPSA) is 156 Å². The summed E-state index contributed by atoms with van der Waals surface area (Å²) in [5.74, 6) is -5.77. The fourth-order valence-corrected chi connectivity index (χ4v) is 1.75. The van der Waals surface area contributed by atoms with E-state index < -0.39 is 49.1 Å². The number of carboxylic acids is 4. The van der Waals surface area contributed by atoms with E-state index in [-0.39, 0.29) is 0 Å². The molecule has 0 saturated carbocycles. The van der Waals surface area contributed by atoms with Gasteiger partial charge < -0.3 is 20.4 Å². The molecule has 10 heteroatoms. The highest BCUT2D eigenvalue weighted by Crippen LogP contribution is 2.10. The minimum absolute atomic E-state index is 0.693. The lowest BCUT2D eigenvalue weighted by atomic mass is 10.1. The zero-order chi connectivity index (χ0) is 16.0. The number of nitrogens with zero attached hydrogens (tertiary/aromatic N) is 2. The molecule has 2 atom stereocenters. The Morgan fingerprint density at radius 3 is 1.15 bits per heavy atom. The van der Waals surface area contributed by atoms with E-state index in [1.807, 2.05) is 0 Å². The van der Waals surface area contributed by atoms with Crippen molar-refractivity contribution in [1.29, 1.82) is 0 Å². The number of hydrogen-bond acceptors (Lipinski definition) is 6. The number of aliphatic carboxylic acids is 4. The average Bonchev–Trinajstić information content (AvgIpc) is 2.21. The summed E-state index contributed by atoms with van der Waals surface area (Å²) in [5.41, 5.74) is 0. The van der Waals surface area contributed by atoms with Gasteiger partial charge in [0.2, 0.25) is 0 Å². The number of hydrogen-bond donors (Lipinski definition) is 4. The summed E-state index contributed by atoms with van der Waals surface area (Å²) >= 11 is 0. The molecular weight excluding hydrogens is 276 g/mol. The number of carboxylic acid groups (broad SMARTS) is 4. The maximum atomic E-state index is 11.2. The first-order chi connectivity index (χ1) is 9.07. The van der Waals surface area contributed by atoms with Gasteiger partial charge in [-0.3, -0.25) is 29.0 Å². The highest BCUT2D eigenvalue weighted by molar-refractivity contribution is 5.86. The Morgan fingerprint density at radius 2 is 1.00 bits per heavy atom. The monoisotopic (exact) mass is 292 g/mol. The van der Waals surface area contributed by atoms with E-state index in [2.05, 4.69) is 0 Å². The fraction of sp³-hybridized carbons (Fsp3) is 0.600. The molecule has 0 aromatic heterocycles. The Balaban J connectivity index is 5.34. The molecule has 0 bridgehead atoms. The molecule has 10 nitrogen and oxygen atoms in total. The smallest absolute Gasteiger partial charge is 0.323 e. The summed E-state index contributed by atoms with van der Waals surface area (Å²) < 4.78 is 0. The molecule has 0 aromatic carbocycles. The Bertz CT molecular complexity index is 372. The van der Waals surface area contributed by atoms with E-state index in [9.17, 15) is 19.2 Å². The van der Waals surface area contributed by atoms with Gasteiger partial charge in [-0.2, -0.15) is 0 Å². The third kappa shape index (κ3) is 5.20. The lowest BCUT2D eigenvalue weighted by molar-refractivity contribution is -0.159. The van der Waals surface area contributed by atoms with Crippen molar-refractivity contribution in [3.05, 3.63) is 0 Å². The van der Waals surface area contributed by atoms with Gasteiger partial charge in [0.1, 0.15) is 12.1 Å². The Kier molecular flexibility index (Phi) is 6.59. The molecule has 0 spiro atoms. The molecule has 0 aliphatic carbocycles. The molecule has 0 heterocycles. The van der Waals surface area contributed by atoms with E-state index in [1.54, 1.807) is 0 Å². The maximum absolute atomic E-state index is 11.2. The molecule has 0 rings (SSSR count). The van der Waals surface area contributed by atoms with Gasteiger partial charge in [0.15, 0.2) is 0 Å². The molecule has 0 saturated heterocycles. The maximum Gasteiger partial charge on any atom is 0.323 e. The Morgan fingerprint density at radius 1 is 0.750 bits per heavy atom. The van der Waals surface area contributed by atoms with Crippen molar-refractivity contribution in [1.82, 2.24) is 9.80 Å². The summed E-state index contributed by atoms with van der Waals surface area (Å²) in [5, 5.41) is 35.4. The van der Waals surface area contributed by atoms with Crippen LogP contribution in [0.1, 0.15) is 0 Å². The van der Waals surface area contributed by atoms with E-state index in [1.165, 1.54) is 0 Å². The number of carbonyl (C=O) groups is 4. The Labute approximate surface area is 113 Å². The van der Waals surface area contributed by atoms with Crippen molar-refractivity contribution in [3.8, 4) is 0 Å². The van der Waals surface area contributed by atoms with Crippen molar-refractivity contribution in [2.75, 3.05) is 27.2 Å². The van der Waals surface area contributed by atoms with E-state index in [0.717, 1.165) is 23.9 Å². The van der Waals surface area contributed by atoms with Crippen molar-refractivity contribution in [2.24, 2.45) is 0 Å². The molecule has 114 valence electrons. The van der Waals surface area contributed by atoms with Crippen LogP contribution in [0, 0.1) is 0 Å². The normalized spacial score (nSPS) is 14.0. The van der Waals surface area contributed by atoms with Gasteiger partial charge in [0, 0.05) is 0 Å². The quantitative estimate of drug-likeness (QED) is 0.372. The number of rotatable bonds is 9. The van der Waals surface area contributed by atoms with Crippen LogP contribution < -0.4 is 0 Å². The largest absolute Gasteiger partial charge is 0.480 e. The van der Waals surface area contributed by atoms with Gasteiger partial charge in [-0.25, -0.2) is 0 Å². The van der Waals surface area contributed by atoms with Crippen LogP contribution in [0.4, 0.5) is 0 Å². The predicted octanol–water partition coefficient (Wildman–Crippen LogP) is -2.07. The summed E-state index contributed by atoms with van der Waals surface area (Å²) in [6.45, 7) is -1.39. The van der Waals surface area contributed by atoms with Crippen LogP contribution in [0.5, 0.6) is 0 Å². The van der Waals surface area contributed by atoms with Gasteiger partial charge in [0.05, 0.1) is 13.1 Å². The second kappa shape index (κ2) is 7.40. The van der Waals surface area contributed by atoms with Crippen LogP contribution in [0.2, 0.25) is 0 Å². The first-order valence-electron chi connectivity index (χ1n) is 5.37. The van der Waals surface area contributed by atoms with Crippen LogP contribution in [0.3, 0.4) is 0 Å². The lowest BCUT2D eigenvalue weighted by Gasteiger charge is -2.32. The zero-order valence-corrected chi connectivity index (χ0v) is 10.9. The third-order valence-corrected chi connectivity index (χ3v) is 2.52. The molecule has 4 N–H and O–H groups in total. The van der Waals surface area contributed by atoms with Crippen LogP contribution in [-0.4, -0.2) is 93.4 Å². The second-order valence-electron chi connectivity index (χ2n) is 4.18. The van der Waals surface area contributed by atoms with Crippen LogP contribution in [0.15, 0.2) is 0 Å². The molecule has 0 fully saturated rings. The van der Waals surface area contributed by atoms with E-state index >= 15 is 0 Å². The standard InChI is InChI=1S/C10H16N2O8/c1-11(3-5(13)14)7(9(17)18)8(10(19)20)12(2)4-6(15)16/h7-8H,3-4H2,1-2H3,(H,13,14)(H,15,16)(H,17,18)(H,19,20)/t7-,8?/m0/s1. The summed E-state index contributed by atoms with van der Waals surface area (Å²) in [6.07, 6.45) is 0. The number of likely N-dealkylation sites (N-methyl/N-ethyl adjacent to an activating group) is 2. The zero-order valence-electron chi connectivity index (χ0n) is 10.9. The SMILES string of the molecule is CN(CC(=O)O)C(C(=O)O)[C@@H](C(=O)O)N(C)CC(=O)O. The van der Waals surface area contributed by atoms with Gasteiger partial charge in [-0.05, 0) is 14.1 Å². The molecule has 0 aliphatic heterocycles. The van der Waals surface area contributed by atoms with Gasteiger partial charge in [-0.1, -0.05) is 0 Å². The highest BCUT2D eigenvalue weighted by Gasteiger charge is 2.40. The van der Waals surface area contributed by atoms with Crippen LogP contribution in [-0.2, 0) is 19.2 Å². The van der Waals surface area contributed by atoms with Crippen molar-refractivity contribution >= 4 is 23.9 Å². The molecule has 0 aromatic rings. The highest BCUT2D eigenvalue weighted by atomic mass is 16.4. The van der Waals surface area contributed by atoms with Crippen molar-refractivity contribution in [2.45, 2.75) is 12.1 Å². The summed E-state index contributed by atoms with van der Waals surface area (Å²) in [6, 6.07) is -3.40. The summed E-state index contributed by atoms with van der Waals surface area (Å²) in [4.78, 5) is 45.2. The first-order valence-corrected chi connectivity index (χ1v) is 5.37. The average molecular weight is 292 g/mol. The second-order valence-corrected chi connectivity index (χ2v) is 4.18. The molecule has 0 amide bonds. The lowest BCUT2D eigenvalue weighted by Crippen LogP contribution is -2.58. The van der Waals surface area contributed by atoms with Crippen molar-refractivity contribution in [3.63, 3.8) is 0 Å². The van der Waals surface area contributed by atoms with Gasteiger partial charge >= 0.3 is 23.9 Å². The third-order valence-electron chi connectivity index (χ3n) is 2.52. The Hall–Kier alpha value is -2.20. The molecule has 0 aliphatic rings. The fourth-order valence-electron chi connectivity index (χ4n) is 1.75. The first kappa shape index (κ1) is 17.8.